The Morgan fingerprint density at radius 3 is 2.90 bits per heavy atom. The van der Waals surface area contributed by atoms with Gasteiger partial charge in [-0.15, -0.1) is 11.3 Å². The van der Waals surface area contributed by atoms with E-state index in [0.717, 1.165) is 46.7 Å². The van der Waals surface area contributed by atoms with Crippen LogP contribution in [0.15, 0.2) is 54.9 Å². The van der Waals surface area contributed by atoms with Crippen LogP contribution in [-0.2, 0) is 11.3 Å². The van der Waals surface area contributed by atoms with Crippen LogP contribution >= 0.6 is 22.9 Å². The van der Waals surface area contributed by atoms with Gasteiger partial charge in [0.05, 0.1) is 21.3 Å². The summed E-state index contributed by atoms with van der Waals surface area (Å²) in [6, 6.07) is 13.5. The van der Waals surface area contributed by atoms with Crippen LogP contribution in [0.25, 0.3) is 10.2 Å². The van der Waals surface area contributed by atoms with E-state index in [0.29, 0.717) is 35.1 Å². The van der Waals surface area contributed by atoms with Crippen molar-refractivity contribution in [3.05, 3.63) is 76.1 Å². The Morgan fingerprint density at radius 1 is 1.20 bits per heavy atom. The molecule has 4 aromatic rings. The van der Waals surface area contributed by atoms with E-state index in [2.05, 4.69) is 32.4 Å². The quantitative estimate of drug-likeness (QED) is 0.261. The second-order valence-corrected chi connectivity index (χ2v) is 11.3. The Balaban J connectivity index is 1.09. The molecule has 2 fully saturated rings. The van der Waals surface area contributed by atoms with Crippen molar-refractivity contribution in [2.24, 2.45) is 0 Å². The maximum Gasteiger partial charge on any atom is 0.410 e. The van der Waals surface area contributed by atoms with Gasteiger partial charge in [0, 0.05) is 31.7 Å². The number of amides is 1. The van der Waals surface area contributed by atoms with Crippen LogP contribution in [0.1, 0.15) is 29.7 Å². The summed E-state index contributed by atoms with van der Waals surface area (Å²) < 4.78 is 24.9. The Morgan fingerprint density at radius 2 is 2.07 bits per heavy atom. The third-order valence-electron chi connectivity index (χ3n) is 6.90. The molecule has 2 aliphatic rings. The molecule has 0 radical (unpaired) electrons. The number of hydrogen-bond acceptors (Lipinski definition) is 8. The van der Waals surface area contributed by atoms with Crippen LogP contribution in [0.3, 0.4) is 0 Å². The largest absolute Gasteiger partial charge is 0.487 e. The molecule has 41 heavy (non-hydrogen) atoms. The molecule has 2 saturated heterocycles. The average molecular weight is 592 g/mol. The van der Waals surface area contributed by atoms with E-state index in [1.807, 2.05) is 12.1 Å². The molecule has 4 heterocycles. The lowest BCUT2D eigenvalue weighted by atomic mass is 10.2. The van der Waals surface area contributed by atoms with Gasteiger partial charge in [0.15, 0.2) is 0 Å². The number of aromatic nitrogens is 2. The second-order valence-electron chi connectivity index (χ2n) is 9.91. The van der Waals surface area contributed by atoms with Crippen LogP contribution in [-0.4, -0.2) is 52.7 Å². The zero-order valence-electron chi connectivity index (χ0n) is 22.0. The smallest absolute Gasteiger partial charge is 0.410 e. The SMILES string of the molecule is O=C(O[C@H]1CN[C@H](C#Cc2cc3c(Nc4ccc(OCc5cccc(F)c5)c(Cl)c4)ncnc3s2)C1)N1CCCC1. The summed E-state index contributed by atoms with van der Waals surface area (Å²) in [5.41, 5.74) is 1.45. The molecule has 8 nitrogen and oxygen atoms in total. The summed E-state index contributed by atoms with van der Waals surface area (Å²) in [5, 5.41) is 7.91. The number of ether oxygens (including phenoxy) is 2. The molecule has 0 saturated carbocycles. The average Bonchev–Trinajstić information content (AvgIpc) is 3.73. The van der Waals surface area contributed by atoms with Crippen molar-refractivity contribution < 1.29 is 18.7 Å². The van der Waals surface area contributed by atoms with Crippen LogP contribution in [0.5, 0.6) is 5.75 Å². The fraction of sp³-hybridized carbons (Fsp3) is 0.300. The first-order valence-corrected chi connectivity index (χ1v) is 14.6. The number of carbonyl (C=O) groups is 1. The van der Waals surface area contributed by atoms with Gasteiger partial charge in [-0.25, -0.2) is 19.2 Å². The summed E-state index contributed by atoms with van der Waals surface area (Å²) in [6.07, 6.45) is 3.85. The fourth-order valence-electron chi connectivity index (χ4n) is 4.82. The number of thiophene rings is 1. The number of nitrogens with one attached hydrogen (secondary N) is 2. The first kappa shape index (κ1) is 27.3. The predicted octanol–water partition coefficient (Wildman–Crippen LogP) is 6.12. The Bertz CT molecular complexity index is 1630. The number of fused-ring (bicyclic) bond motifs is 1. The Hall–Kier alpha value is -3.91. The normalized spacial score (nSPS) is 18.2. The highest BCUT2D eigenvalue weighted by atomic mass is 35.5. The number of rotatable bonds is 6. The standard InChI is InChI=1S/C30H27ClFN5O3S/c31-26-14-22(7-9-27(26)39-17-19-4-3-5-20(32)12-19)36-28-25-15-24(41-29(25)35-18-34-28)8-6-21-13-23(16-33-21)40-30(38)37-10-1-2-11-37/h3-5,7,9,12,14-15,18,21,23,33H,1-2,10-11,13,16-17H2,(H,34,35,36)/t21-,23-/m1/s1. The minimum Gasteiger partial charge on any atom is -0.487 e. The molecule has 0 spiro atoms. The van der Waals surface area contributed by atoms with E-state index < -0.39 is 0 Å². The highest BCUT2D eigenvalue weighted by Crippen LogP contribution is 2.33. The van der Waals surface area contributed by atoms with Crippen molar-refractivity contribution in [2.75, 3.05) is 25.0 Å². The number of halogens is 2. The first-order chi connectivity index (χ1) is 20.0. The van der Waals surface area contributed by atoms with Crippen molar-refractivity contribution in [2.45, 2.75) is 38.0 Å². The van der Waals surface area contributed by atoms with Gasteiger partial charge < -0.3 is 19.7 Å². The van der Waals surface area contributed by atoms with Crippen LogP contribution in [0, 0.1) is 17.7 Å². The van der Waals surface area contributed by atoms with E-state index in [1.165, 1.54) is 29.8 Å². The monoisotopic (exact) mass is 591 g/mol. The van der Waals surface area contributed by atoms with Crippen molar-refractivity contribution in [1.29, 1.82) is 0 Å². The summed E-state index contributed by atoms with van der Waals surface area (Å²) in [5.74, 6) is 7.33. The summed E-state index contributed by atoms with van der Waals surface area (Å²) in [6.45, 7) is 2.36. The number of carbonyl (C=O) groups excluding carboxylic acids is 1. The molecule has 1 amide bonds. The van der Waals surface area contributed by atoms with Crippen molar-refractivity contribution in [3.63, 3.8) is 0 Å². The molecule has 2 aromatic heterocycles. The molecular weight excluding hydrogens is 565 g/mol. The van der Waals surface area contributed by atoms with E-state index in [4.69, 9.17) is 21.1 Å². The van der Waals surface area contributed by atoms with Crippen molar-refractivity contribution in [3.8, 4) is 17.6 Å². The van der Waals surface area contributed by atoms with Crippen LogP contribution in [0.4, 0.5) is 20.7 Å². The molecule has 11 heteroatoms. The molecule has 210 valence electrons. The second kappa shape index (κ2) is 12.3. The number of likely N-dealkylation sites (tertiary alicyclic amines) is 1. The molecule has 2 aromatic carbocycles. The Kier molecular flexibility index (Phi) is 8.19. The minimum atomic E-state index is -0.310. The van der Waals surface area contributed by atoms with Gasteiger partial charge in [-0.05, 0) is 54.8 Å². The molecule has 0 unspecified atom stereocenters. The number of hydrogen-bond donors (Lipinski definition) is 2. The van der Waals surface area contributed by atoms with E-state index >= 15 is 0 Å². The summed E-state index contributed by atoms with van der Waals surface area (Å²) in [4.78, 5) is 24.5. The molecule has 0 aliphatic carbocycles. The van der Waals surface area contributed by atoms with E-state index in [-0.39, 0.29) is 30.7 Å². The Labute approximate surface area is 245 Å². The van der Waals surface area contributed by atoms with Crippen LogP contribution in [0.2, 0.25) is 5.02 Å². The lowest BCUT2D eigenvalue weighted by molar-refractivity contribution is 0.0763. The maximum absolute atomic E-state index is 13.4. The number of nitrogens with zero attached hydrogens (tertiary/aromatic N) is 3. The number of benzene rings is 2. The maximum atomic E-state index is 13.4. The zero-order valence-corrected chi connectivity index (χ0v) is 23.6. The van der Waals surface area contributed by atoms with Gasteiger partial charge >= 0.3 is 6.09 Å². The molecule has 6 rings (SSSR count). The van der Waals surface area contributed by atoms with Gasteiger partial charge in [-0.2, -0.15) is 0 Å². The van der Waals surface area contributed by atoms with Crippen molar-refractivity contribution in [1.82, 2.24) is 20.2 Å². The summed E-state index contributed by atoms with van der Waals surface area (Å²) in [7, 11) is 0. The van der Waals surface area contributed by atoms with Gasteiger partial charge in [0.25, 0.3) is 0 Å². The summed E-state index contributed by atoms with van der Waals surface area (Å²) >= 11 is 7.95. The molecule has 2 aliphatic heterocycles. The van der Waals surface area contributed by atoms with Gasteiger partial charge in [-0.1, -0.05) is 35.6 Å². The predicted molar refractivity (Wildman–Crippen MR) is 157 cm³/mol. The van der Waals surface area contributed by atoms with E-state index in [9.17, 15) is 9.18 Å². The fourth-order valence-corrected chi connectivity index (χ4v) is 5.91. The third kappa shape index (κ3) is 6.70. The molecule has 2 N–H and O–H groups in total. The minimum absolute atomic E-state index is 0.0518. The third-order valence-corrected chi connectivity index (χ3v) is 8.15. The molecular formula is C30H27ClFN5O3S. The number of anilines is 2. The first-order valence-electron chi connectivity index (χ1n) is 13.4. The van der Waals surface area contributed by atoms with Crippen LogP contribution < -0.4 is 15.4 Å². The van der Waals surface area contributed by atoms with Gasteiger partial charge in [0.2, 0.25) is 0 Å². The highest BCUT2D eigenvalue weighted by molar-refractivity contribution is 7.19. The topological polar surface area (TPSA) is 88.6 Å². The lowest BCUT2D eigenvalue weighted by Crippen LogP contribution is -2.32. The zero-order chi connectivity index (χ0) is 28.2. The van der Waals surface area contributed by atoms with Crippen molar-refractivity contribution >= 4 is 50.8 Å². The van der Waals surface area contributed by atoms with Gasteiger partial charge in [-0.3, -0.25) is 5.32 Å². The van der Waals surface area contributed by atoms with E-state index in [1.54, 1.807) is 29.2 Å². The lowest BCUT2D eigenvalue weighted by Gasteiger charge is -2.18. The molecule has 0 bridgehead atoms. The highest BCUT2D eigenvalue weighted by Gasteiger charge is 2.28. The molecule has 2 atom stereocenters. The van der Waals surface area contributed by atoms with Gasteiger partial charge in [0.1, 0.15) is 41.3 Å².